The van der Waals surface area contributed by atoms with Crippen LogP contribution in [0.25, 0.3) is 0 Å². The summed E-state index contributed by atoms with van der Waals surface area (Å²) in [5.41, 5.74) is 23.8. The number of rotatable bonds is 4. The Bertz CT molecular complexity index is 3400. The van der Waals surface area contributed by atoms with Crippen molar-refractivity contribution in [1.82, 2.24) is 0 Å². The molecule has 4 heterocycles. The maximum atomic E-state index is 2.79. The average molecular weight is 959 g/mol. The summed E-state index contributed by atoms with van der Waals surface area (Å²) >= 11 is 0. The first-order valence-corrected chi connectivity index (χ1v) is 27.6. The molecule has 2 aliphatic carbocycles. The molecule has 5 heteroatoms. The Balaban J connectivity index is 1.14. The molecule has 13 rings (SSSR count). The largest absolute Gasteiger partial charge is 0.334 e. The molecule has 4 unspecified atom stereocenters. The molecular weight excluding hydrogens is 884 g/mol. The van der Waals surface area contributed by atoms with Gasteiger partial charge in [-0.2, -0.15) is 0 Å². The van der Waals surface area contributed by atoms with Gasteiger partial charge in [0, 0.05) is 67.7 Å². The summed E-state index contributed by atoms with van der Waals surface area (Å²) < 4.78 is 0. The molecule has 7 aromatic rings. The SMILES string of the molecule is CC(C)(C)c1ccc(N2c3ccc(C(C)(C)C)cc3B3c4ccc(N5c6ccccc6C6(C)CCCC56C)cc4N(c4ccc(C(C)(C)C)cc4)c4cc(N5c6ccccc6C6(C)CCCC56C)cc2c43)cc1. The Morgan fingerprint density at radius 3 is 1.29 bits per heavy atom. The first kappa shape index (κ1) is 46.6. The zero-order chi connectivity index (χ0) is 51.0. The maximum Gasteiger partial charge on any atom is 0.252 e. The van der Waals surface area contributed by atoms with Crippen molar-refractivity contribution < 1.29 is 0 Å². The van der Waals surface area contributed by atoms with Crippen LogP contribution in [0.2, 0.25) is 0 Å². The summed E-state index contributed by atoms with van der Waals surface area (Å²) in [6.07, 6.45) is 7.14. The van der Waals surface area contributed by atoms with Crippen LogP contribution in [0.15, 0.2) is 146 Å². The van der Waals surface area contributed by atoms with Gasteiger partial charge in [0.1, 0.15) is 0 Å². The van der Waals surface area contributed by atoms with Crippen molar-refractivity contribution in [3.05, 3.63) is 173 Å². The summed E-state index contributed by atoms with van der Waals surface area (Å²) in [5, 5.41) is 0. The maximum absolute atomic E-state index is 2.79. The van der Waals surface area contributed by atoms with Gasteiger partial charge in [0.2, 0.25) is 0 Å². The van der Waals surface area contributed by atoms with Gasteiger partial charge < -0.3 is 19.6 Å². The van der Waals surface area contributed by atoms with E-state index in [0.29, 0.717) is 0 Å². The van der Waals surface area contributed by atoms with E-state index >= 15 is 0 Å². The van der Waals surface area contributed by atoms with Crippen LogP contribution in [-0.2, 0) is 27.1 Å². The van der Waals surface area contributed by atoms with E-state index in [-0.39, 0.29) is 44.9 Å². The predicted octanol–water partition coefficient (Wildman–Crippen LogP) is 16.4. The van der Waals surface area contributed by atoms with E-state index in [1.165, 1.54) is 127 Å². The zero-order valence-electron chi connectivity index (χ0n) is 46.0. The van der Waals surface area contributed by atoms with Crippen molar-refractivity contribution in [1.29, 1.82) is 0 Å². The molecule has 0 N–H and O–H groups in total. The number of anilines is 10. The fourth-order valence-corrected chi connectivity index (χ4v) is 15.4. The van der Waals surface area contributed by atoms with Gasteiger partial charge in [-0.05, 0) is 167 Å². The molecule has 0 saturated heterocycles. The highest BCUT2D eigenvalue weighted by Gasteiger charge is 2.61. The van der Waals surface area contributed by atoms with Crippen LogP contribution >= 0.6 is 0 Å². The molecule has 0 amide bonds. The fraction of sp³-hybridized carbons (Fsp3) is 0.382. The summed E-state index contributed by atoms with van der Waals surface area (Å²) in [7, 11) is 0. The van der Waals surface area contributed by atoms with Crippen molar-refractivity contribution in [3.8, 4) is 0 Å². The van der Waals surface area contributed by atoms with Gasteiger partial charge in [-0.25, -0.2) is 0 Å². The van der Waals surface area contributed by atoms with E-state index < -0.39 is 0 Å². The van der Waals surface area contributed by atoms with Crippen molar-refractivity contribution in [2.45, 2.75) is 167 Å². The van der Waals surface area contributed by atoms with Crippen molar-refractivity contribution in [2.24, 2.45) is 0 Å². The molecule has 0 radical (unpaired) electrons. The molecule has 73 heavy (non-hydrogen) atoms. The molecule has 7 aromatic carbocycles. The summed E-state index contributed by atoms with van der Waals surface area (Å²) in [4.78, 5) is 10.9. The molecule has 0 aromatic heterocycles. The minimum Gasteiger partial charge on any atom is -0.334 e. The van der Waals surface area contributed by atoms with Crippen molar-refractivity contribution in [3.63, 3.8) is 0 Å². The van der Waals surface area contributed by atoms with E-state index in [4.69, 9.17) is 0 Å². The Labute approximate surface area is 437 Å². The van der Waals surface area contributed by atoms with E-state index in [9.17, 15) is 0 Å². The van der Waals surface area contributed by atoms with Crippen LogP contribution in [-0.4, -0.2) is 17.8 Å². The van der Waals surface area contributed by atoms with Crippen LogP contribution < -0.4 is 36.0 Å². The third-order valence-electron chi connectivity index (χ3n) is 19.9. The predicted molar refractivity (Wildman–Crippen MR) is 313 cm³/mol. The van der Waals surface area contributed by atoms with Crippen LogP contribution in [0.3, 0.4) is 0 Å². The van der Waals surface area contributed by atoms with Crippen LogP contribution in [0.4, 0.5) is 56.9 Å². The lowest BCUT2D eigenvalue weighted by Gasteiger charge is -2.47. The molecule has 0 spiro atoms. The second kappa shape index (κ2) is 15.2. The molecule has 4 atom stereocenters. The monoisotopic (exact) mass is 959 g/mol. The van der Waals surface area contributed by atoms with Gasteiger partial charge in [-0.1, -0.05) is 168 Å². The number of hydrogen-bond donors (Lipinski definition) is 0. The second-order valence-electron chi connectivity index (χ2n) is 27.0. The van der Waals surface area contributed by atoms with Crippen LogP contribution in [0.1, 0.15) is 156 Å². The molecule has 2 saturated carbocycles. The normalized spacial score (nSPS) is 24.5. The Morgan fingerprint density at radius 1 is 0.370 bits per heavy atom. The number of hydrogen-bond acceptors (Lipinski definition) is 4. The first-order chi connectivity index (χ1) is 34.6. The van der Waals surface area contributed by atoms with Gasteiger partial charge in [-0.3, -0.25) is 0 Å². The quantitative estimate of drug-likeness (QED) is 0.163. The molecule has 370 valence electrons. The summed E-state index contributed by atoms with van der Waals surface area (Å²) in [6, 6.07) is 58.1. The zero-order valence-corrected chi connectivity index (χ0v) is 46.0. The van der Waals surface area contributed by atoms with E-state index in [2.05, 4.69) is 255 Å². The molecule has 0 bridgehead atoms. The van der Waals surface area contributed by atoms with Crippen molar-refractivity contribution in [2.75, 3.05) is 19.6 Å². The molecule has 2 fully saturated rings. The number of benzene rings is 7. The fourth-order valence-electron chi connectivity index (χ4n) is 15.4. The Morgan fingerprint density at radius 2 is 0.795 bits per heavy atom. The highest BCUT2D eigenvalue weighted by atomic mass is 15.3. The smallest absolute Gasteiger partial charge is 0.252 e. The topological polar surface area (TPSA) is 13.0 Å². The lowest BCUT2D eigenvalue weighted by Crippen LogP contribution is -2.61. The molecule has 4 aliphatic heterocycles. The Hall–Kier alpha value is -6.20. The first-order valence-electron chi connectivity index (χ1n) is 27.6. The molecule has 6 aliphatic rings. The van der Waals surface area contributed by atoms with Gasteiger partial charge >= 0.3 is 0 Å². The standard InChI is InChI=1S/C68H75BN4/c1-62(2,3)44-24-29-47(30-25-44)70-57-35-28-46(64(7,8)9)40-54(57)69-53-34-33-49(72-55-22-16-14-20-51(55)65(10)36-18-38-67(65,72)12)41-58(53)71(48-31-26-45(27-32-48)63(4,5)6)60-43-50(42-59(70)61(60)69)73-56-23-17-15-21-52(56)66(11)37-19-39-68(66,73)13/h14-17,20-35,40-43H,18-19,36-39H2,1-13H3. The molecule has 4 nitrogen and oxygen atoms in total. The van der Waals surface area contributed by atoms with Crippen LogP contribution in [0.5, 0.6) is 0 Å². The summed E-state index contributed by atoms with van der Waals surface area (Å²) in [6.45, 7) is 31.3. The van der Waals surface area contributed by atoms with Gasteiger partial charge in [-0.15, -0.1) is 0 Å². The van der Waals surface area contributed by atoms with E-state index in [0.717, 1.165) is 12.8 Å². The highest BCUT2D eigenvalue weighted by Crippen LogP contribution is 2.64. The third-order valence-corrected chi connectivity index (χ3v) is 19.9. The van der Waals surface area contributed by atoms with E-state index in [1.807, 2.05) is 0 Å². The number of nitrogens with zero attached hydrogens (tertiary/aromatic N) is 4. The van der Waals surface area contributed by atoms with E-state index in [1.54, 1.807) is 0 Å². The van der Waals surface area contributed by atoms with Gasteiger partial charge in [0.05, 0.1) is 11.1 Å². The highest BCUT2D eigenvalue weighted by molar-refractivity contribution is 7.00. The molecular formula is C68H75BN4. The third kappa shape index (κ3) is 6.32. The lowest BCUT2D eigenvalue weighted by molar-refractivity contribution is 0.330. The average Bonchev–Trinajstić information content (AvgIpc) is 3.96. The summed E-state index contributed by atoms with van der Waals surface area (Å²) in [5.74, 6) is 0. The minimum absolute atomic E-state index is 0.00742. The number of para-hydroxylation sites is 2. The van der Waals surface area contributed by atoms with Crippen LogP contribution in [0, 0.1) is 0 Å². The number of fused-ring (bicyclic) bond motifs is 10. The Kier molecular flexibility index (Phi) is 9.70. The lowest BCUT2D eigenvalue weighted by atomic mass is 9.33. The van der Waals surface area contributed by atoms with Crippen molar-refractivity contribution >= 4 is 80.0 Å². The van der Waals surface area contributed by atoms with Gasteiger partial charge in [0.15, 0.2) is 0 Å². The minimum atomic E-state index is -0.101. The second-order valence-corrected chi connectivity index (χ2v) is 27.0. The van der Waals surface area contributed by atoms with Gasteiger partial charge in [0.25, 0.3) is 6.71 Å².